The molecular weight excluding hydrogens is 287 g/mol. The lowest BCUT2D eigenvalue weighted by Crippen LogP contribution is -2.21. The molecule has 1 aromatic heterocycles. The highest BCUT2D eigenvalue weighted by Crippen LogP contribution is 2.27. The summed E-state index contributed by atoms with van der Waals surface area (Å²) in [7, 11) is 0. The Morgan fingerprint density at radius 3 is 2.60 bits per heavy atom. The highest BCUT2D eigenvalue weighted by atomic mass is 32.1. The molecule has 2 rings (SSSR count). The topological polar surface area (TPSA) is 21.3 Å². The first kappa shape index (κ1) is 14.9. The molecule has 0 spiro atoms. The fourth-order valence-corrected chi connectivity index (χ4v) is 2.53. The second-order valence-electron chi connectivity index (χ2n) is 4.27. The summed E-state index contributed by atoms with van der Waals surface area (Å²) in [5.41, 5.74) is 0.480. The predicted octanol–water partition coefficient (Wildman–Crippen LogP) is 4.50. The van der Waals surface area contributed by atoms with Crippen molar-refractivity contribution in [1.29, 1.82) is 0 Å². The lowest BCUT2D eigenvalue weighted by atomic mass is 10.2. The number of ether oxygens (including phenoxy) is 1. The van der Waals surface area contributed by atoms with Crippen molar-refractivity contribution >= 4 is 11.3 Å². The van der Waals surface area contributed by atoms with Crippen LogP contribution in [0.2, 0.25) is 0 Å². The van der Waals surface area contributed by atoms with E-state index in [2.05, 4.69) is 10.1 Å². The lowest BCUT2D eigenvalue weighted by Gasteiger charge is -2.16. The van der Waals surface area contributed by atoms with Gasteiger partial charge in [0.25, 0.3) is 0 Å². The Hall–Kier alpha value is -1.53. The van der Waals surface area contributed by atoms with E-state index in [1.807, 2.05) is 24.4 Å². The van der Waals surface area contributed by atoms with Gasteiger partial charge in [-0.2, -0.15) is 0 Å². The minimum atomic E-state index is -4.67. The van der Waals surface area contributed by atoms with Gasteiger partial charge in [-0.05, 0) is 24.4 Å². The molecule has 0 radical (unpaired) electrons. The first-order valence-electron chi connectivity index (χ1n) is 6.06. The van der Waals surface area contributed by atoms with Crippen LogP contribution in [0.25, 0.3) is 0 Å². The molecule has 0 saturated carbocycles. The van der Waals surface area contributed by atoms with Gasteiger partial charge in [-0.1, -0.05) is 24.3 Å². The molecule has 0 unspecified atom stereocenters. The quantitative estimate of drug-likeness (QED) is 0.878. The number of halogens is 3. The molecule has 2 nitrogen and oxygen atoms in total. The van der Waals surface area contributed by atoms with Gasteiger partial charge in [0.1, 0.15) is 5.75 Å². The molecule has 1 atom stereocenters. The van der Waals surface area contributed by atoms with Gasteiger partial charge in [-0.3, -0.25) is 0 Å². The summed E-state index contributed by atoms with van der Waals surface area (Å²) in [5, 5.41) is 5.16. The van der Waals surface area contributed by atoms with E-state index in [0.717, 1.165) is 4.88 Å². The molecule has 0 aliphatic carbocycles. The first-order valence-corrected chi connectivity index (χ1v) is 6.94. The maximum absolute atomic E-state index is 12.3. The van der Waals surface area contributed by atoms with Crippen molar-refractivity contribution in [2.75, 3.05) is 0 Å². The number of benzene rings is 1. The highest BCUT2D eigenvalue weighted by molar-refractivity contribution is 7.10. The van der Waals surface area contributed by atoms with Gasteiger partial charge in [-0.25, -0.2) is 0 Å². The summed E-state index contributed by atoms with van der Waals surface area (Å²) < 4.78 is 40.9. The molecule has 20 heavy (non-hydrogen) atoms. The first-order chi connectivity index (χ1) is 9.46. The van der Waals surface area contributed by atoms with E-state index >= 15 is 0 Å². The third kappa shape index (κ3) is 4.25. The van der Waals surface area contributed by atoms with Crippen LogP contribution in [0.15, 0.2) is 41.8 Å². The van der Waals surface area contributed by atoms with E-state index in [1.165, 1.54) is 12.1 Å². The zero-order valence-electron chi connectivity index (χ0n) is 10.8. The third-order valence-corrected chi connectivity index (χ3v) is 3.82. The molecule has 6 heteroatoms. The maximum atomic E-state index is 12.3. The van der Waals surface area contributed by atoms with Crippen LogP contribution in [0.1, 0.15) is 23.4 Å². The van der Waals surface area contributed by atoms with Gasteiger partial charge >= 0.3 is 6.36 Å². The Morgan fingerprint density at radius 1 is 1.20 bits per heavy atom. The zero-order valence-corrected chi connectivity index (χ0v) is 11.6. The summed E-state index contributed by atoms with van der Waals surface area (Å²) in [6, 6.07) is 10.2. The summed E-state index contributed by atoms with van der Waals surface area (Å²) in [6.07, 6.45) is -4.67. The number of alkyl halides is 3. The molecule has 2 aromatic rings. The Labute approximate surface area is 119 Å². The predicted molar refractivity (Wildman–Crippen MR) is 72.7 cm³/mol. The summed E-state index contributed by atoms with van der Waals surface area (Å²) in [5.74, 6) is -0.161. The Morgan fingerprint density at radius 2 is 1.95 bits per heavy atom. The van der Waals surface area contributed by atoms with E-state index in [1.54, 1.807) is 23.5 Å². The Balaban J connectivity index is 2.02. The van der Waals surface area contributed by atoms with Gasteiger partial charge in [0.15, 0.2) is 0 Å². The number of rotatable bonds is 5. The third-order valence-electron chi connectivity index (χ3n) is 2.77. The zero-order chi connectivity index (χ0) is 14.6. The van der Waals surface area contributed by atoms with E-state index in [-0.39, 0.29) is 11.8 Å². The molecule has 0 aliphatic heterocycles. The molecule has 1 heterocycles. The molecule has 1 N–H and O–H groups in total. The maximum Gasteiger partial charge on any atom is 0.573 e. The normalized spacial score (nSPS) is 13.2. The smallest absolute Gasteiger partial charge is 0.405 e. The van der Waals surface area contributed by atoms with Crippen LogP contribution in [0.5, 0.6) is 5.75 Å². The number of hydrogen-bond acceptors (Lipinski definition) is 3. The number of hydrogen-bond donors (Lipinski definition) is 1. The molecular formula is C14H14F3NOS. The van der Waals surface area contributed by atoms with Gasteiger partial charge < -0.3 is 10.1 Å². The van der Waals surface area contributed by atoms with Crippen molar-refractivity contribution in [3.63, 3.8) is 0 Å². The van der Waals surface area contributed by atoms with Crippen molar-refractivity contribution in [3.8, 4) is 5.75 Å². The SMILES string of the molecule is C[C@H](NCc1ccccc1OC(F)(F)F)c1cccs1. The summed E-state index contributed by atoms with van der Waals surface area (Å²) >= 11 is 1.61. The molecule has 1 aromatic carbocycles. The molecule has 108 valence electrons. The van der Waals surface area contributed by atoms with Crippen molar-refractivity contribution < 1.29 is 17.9 Å². The minimum Gasteiger partial charge on any atom is -0.405 e. The van der Waals surface area contributed by atoms with E-state index in [9.17, 15) is 13.2 Å². The van der Waals surface area contributed by atoms with Crippen LogP contribution in [0.3, 0.4) is 0 Å². The van der Waals surface area contributed by atoms with Crippen LogP contribution in [0.4, 0.5) is 13.2 Å². The fraction of sp³-hybridized carbons (Fsp3) is 0.286. The average Bonchev–Trinajstić information content (AvgIpc) is 2.89. The molecule has 0 aliphatic rings. The fourth-order valence-electron chi connectivity index (χ4n) is 1.78. The standard InChI is InChI=1S/C14H14F3NOS/c1-10(13-7-4-8-20-13)18-9-11-5-2-3-6-12(11)19-14(15,16)17/h2-8,10,18H,9H2,1H3/t10-/m0/s1. The van der Waals surface area contributed by atoms with Crippen LogP contribution < -0.4 is 10.1 Å². The average molecular weight is 301 g/mol. The van der Waals surface area contributed by atoms with E-state index < -0.39 is 6.36 Å². The lowest BCUT2D eigenvalue weighted by molar-refractivity contribution is -0.274. The Bertz CT molecular complexity index is 540. The van der Waals surface area contributed by atoms with Gasteiger partial charge in [0.2, 0.25) is 0 Å². The van der Waals surface area contributed by atoms with Gasteiger partial charge in [-0.15, -0.1) is 24.5 Å². The summed E-state index contributed by atoms with van der Waals surface area (Å²) in [6.45, 7) is 2.28. The van der Waals surface area contributed by atoms with E-state index in [0.29, 0.717) is 12.1 Å². The largest absolute Gasteiger partial charge is 0.573 e. The second-order valence-corrected chi connectivity index (χ2v) is 5.25. The van der Waals surface area contributed by atoms with Gasteiger partial charge in [0.05, 0.1) is 0 Å². The number of thiophene rings is 1. The number of para-hydroxylation sites is 1. The molecule has 0 amide bonds. The highest BCUT2D eigenvalue weighted by Gasteiger charge is 2.31. The van der Waals surface area contributed by atoms with Gasteiger partial charge in [0, 0.05) is 23.0 Å². The van der Waals surface area contributed by atoms with Crippen molar-refractivity contribution in [1.82, 2.24) is 5.32 Å². The van der Waals surface area contributed by atoms with Crippen LogP contribution in [0, 0.1) is 0 Å². The van der Waals surface area contributed by atoms with Crippen LogP contribution >= 0.6 is 11.3 Å². The molecule has 0 fully saturated rings. The van der Waals surface area contributed by atoms with Crippen molar-refractivity contribution in [2.24, 2.45) is 0 Å². The second kappa shape index (κ2) is 6.28. The van der Waals surface area contributed by atoms with Crippen LogP contribution in [-0.4, -0.2) is 6.36 Å². The molecule has 0 saturated heterocycles. The van der Waals surface area contributed by atoms with Crippen LogP contribution in [-0.2, 0) is 6.54 Å². The molecule has 0 bridgehead atoms. The Kier molecular flexibility index (Phi) is 4.67. The monoisotopic (exact) mass is 301 g/mol. The summed E-state index contributed by atoms with van der Waals surface area (Å²) in [4.78, 5) is 1.14. The minimum absolute atomic E-state index is 0.0777. The number of nitrogens with one attached hydrogen (secondary N) is 1. The van der Waals surface area contributed by atoms with E-state index in [4.69, 9.17) is 0 Å². The van der Waals surface area contributed by atoms with Crippen molar-refractivity contribution in [2.45, 2.75) is 25.9 Å². The van der Waals surface area contributed by atoms with Crippen molar-refractivity contribution in [3.05, 3.63) is 52.2 Å².